The number of imidazole rings is 2. The first-order valence-electron chi connectivity index (χ1n) is 17.6. The largest absolute Gasteiger partial charge is 0.486 e. The molecule has 59 heavy (non-hydrogen) atoms. The van der Waals surface area contributed by atoms with Crippen LogP contribution in [-0.4, -0.2) is 58.7 Å². The molecule has 10 rings (SSSR count). The van der Waals surface area contributed by atoms with Crippen molar-refractivity contribution in [3.63, 3.8) is 0 Å². The first-order valence-corrected chi connectivity index (χ1v) is 17.6. The van der Waals surface area contributed by atoms with Crippen molar-refractivity contribution in [3.8, 4) is 46.0 Å². The molecular formula is C39H26F6N10O4. The predicted molar refractivity (Wildman–Crippen MR) is 199 cm³/mol. The Bertz CT molecular complexity index is 2840. The molecule has 2 aliphatic heterocycles. The van der Waals surface area contributed by atoms with Gasteiger partial charge in [0.25, 0.3) is 0 Å². The molecule has 0 saturated carbocycles. The highest BCUT2D eigenvalue weighted by Gasteiger charge is 2.40. The molecule has 8 heterocycles. The highest BCUT2D eigenvalue weighted by atomic mass is 19.4. The number of hydrogen-bond acceptors (Lipinski definition) is 12. The van der Waals surface area contributed by atoms with Crippen LogP contribution in [0.25, 0.3) is 34.3 Å². The van der Waals surface area contributed by atoms with Crippen LogP contribution < -0.4 is 29.6 Å². The maximum absolute atomic E-state index is 13.6. The van der Waals surface area contributed by atoms with E-state index in [1.165, 1.54) is 45.7 Å². The van der Waals surface area contributed by atoms with E-state index in [1.54, 1.807) is 72.8 Å². The van der Waals surface area contributed by atoms with Crippen LogP contribution in [-0.2, 0) is 12.4 Å². The van der Waals surface area contributed by atoms with Crippen molar-refractivity contribution in [2.75, 3.05) is 30.6 Å². The van der Waals surface area contributed by atoms with Crippen LogP contribution in [0.4, 0.5) is 49.4 Å². The van der Waals surface area contributed by atoms with Crippen molar-refractivity contribution < 1.29 is 45.3 Å². The SMILES string of the molecule is FC(F)(F)c1nc2ccccn2c1-c1nccc(Nc2ccc3c(c2)OCCO3)n1.FC(F)(F)c1nc2ccccn2c1-c1nccc(Nc2ccc3c(c2)OCO3)n1. The topological polar surface area (TPSA) is 147 Å². The number of hydrogen-bond donors (Lipinski definition) is 2. The number of benzene rings is 2. The van der Waals surface area contributed by atoms with Gasteiger partial charge < -0.3 is 29.6 Å². The van der Waals surface area contributed by atoms with Gasteiger partial charge in [0.1, 0.15) is 47.5 Å². The molecule has 0 aliphatic carbocycles. The molecule has 0 bridgehead atoms. The molecule has 0 radical (unpaired) electrons. The van der Waals surface area contributed by atoms with Crippen molar-refractivity contribution >= 4 is 34.3 Å². The van der Waals surface area contributed by atoms with E-state index >= 15 is 0 Å². The molecule has 0 fully saturated rings. The molecule has 14 nitrogen and oxygen atoms in total. The average Bonchev–Trinajstić information content (AvgIpc) is 3.97. The minimum Gasteiger partial charge on any atom is -0.486 e. The van der Waals surface area contributed by atoms with Gasteiger partial charge in [-0.3, -0.25) is 8.80 Å². The number of nitrogens with one attached hydrogen (secondary N) is 2. The molecular weight excluding hydrogens is 786 g/mol. The minimum absolute atomic E-state index is 0.0939. The van der Waals surface area contributed by atoms with E-state index in [0.717, 1.165) is 0 Å². The van der Waals surface area contributed by atoms with Crippen molar-refractivity contribution in [1.29, 1.82) is 0 Å². The Labute approximate surface area is 328 Å². The van der Waals surface area contributed by atoms with Crippen molar-refractivity contribution in [2.24, 2.45) is 0 Å². The van der Waals surface area contributed by atoms with Gasteiger partial charge in [-0.15, -0.1) is 0 Å². The number of nitrogens with zero attached hydrogens (tertiary/aromatic N) is 8. The summed E-state index contributed by atoms with van der Waals surface area (Å²) >= 11 is 0. The predicted octanol–water partition coefficient (Wildman–Crippen LogP) is 8.61. The highest BCUT2D eigenvalue weighted by molar-refractivity contribution is 5.68. The zero-order chi connectivity index (χ0) is 40.7. The second-order valence-electron chi connectivity index (χ2n) is 12.7. The smallest absolute Gasteiger partial charge is 0.435 e. The summed E-state index contributed by atoms with van der Waals surface area (Å²) in [4.78, 5) is 24.1. The second-order valence-corrected chi connectivity index (χ2v) is 12.7. The van der Waals surface area contributed by atoms with E-state index in [2.05, 4.69) is 40.5 Å². The van der Waals surface area contributed by atoms with Crippen LogP contribution in [0, 0.1) is 0 Å². The number of rotatable bonds is 6. The Morgan fingerprint density at radius 2 is 0.966 bits per heavy atom. The van der Waals surface area contributed by atoms with Crippen molar-refractivity contribution in [3.05, 3.63) is 121 Å². The summed E-state index contributed by atoms with van der Waals surface area (Å²) < 4.78 is 106. The molecule has 2 aromatic carbocycles. The maximum Gasteiger partial charge on any atom is 0.435 e. The molecule has 0 amide bonds. The Morgan fingerprint density at radius 1 is 0.508 bits per heavy atom. The lowest BCUT2D eigenvalue weighted by Gasteiger charge is -2.19. The minimum atomic E-state index is -4.65. The molecule has 6 aromatic heterocycles. The molecule has 20 heteroatoms. The molecule has 2 N–H and O–H groups in total. The lowest BCUT2D eigenvalue weighted by Crippen LogP contribution is -2.15. The van der Waals surface area contributed by atoms with Crippen molar-refractivity contribution in [1.82, 2.24) is 38.7 Å². The monoisotopic (exact) mass is 812 g/mol. The lowest BCUT2D eigenvalue weighted by molar-refractivity contribution is -0.141. The van der Waals surface area contributed by atoms with E-state index in [1.807, 2.05) is 0 Å². The van der Waals surface area contributed by atoms with Gasteiger partial charge in [-0.2, -0.15) is 26.3 Å². The number of alkyl halides is 6. The van der Waals surface area contributed by atoms with Gasteiger partial charge in [-0.05, 0) is 60.7 Å². The van der Waals surface area contributed by atoms with Gasteiger partial charge in [-0.1, -0.05) is 12.1 Å². The lowest BCUT2D eigenvalue weighted by atomic mass is 10.2. The summed E-state index contributed by atoms with van der Waals surface area (Å²) in [7, 11) is 0. The average molecular weight is 813 g/mol. The van der Waals surface area contributed by atoms with Gasteiger partial charge in [0.2, 0.25) is 6.79 Å². The normalized spacial score (nSPS) is 13.3. The van der Waals surface area contributed by atoms with Gasteiger partial charge in [0, 0.05) is 48.3 Å². The zero-order valence-electron chi connectivity index (χ0n) is 30.0. The first kappa shape index (κ1) is 37.0. The van der Waals surface area contributed by atoms with E-state index in [0.29, 0.717) is 59.2 Å². The first-order chi connectivity index (χ1) is 28.5. The number of pyridine rings is 2. The third-order valence-electron chi connectivity index (χ3n) is 8.79. The Kier molecular flexibility index (Phi) is 9.21. The van der Waals surface area contributed by atoms with Gasteiger partial charge in [-0.25, -0.2) is 29.9 Å². The Hall–Kier alpha value is -7.64. The van der Waals surface area contributed by atoms with Gasteiger partial charge in [0.15, 0.2) is 46.0 Å². The molecule has 2 aliphatic rings. The maximum atomic E-state index is 13.6. The molecule has 0 saturated heterocycles. The van der Waals surface area contributed by atoms with Crippen LogP contribution in [0.1, 0.15) is 11.4 Å². The van der Waals surface area contributed by atoms with E-state index in [-0.39, 0.29) is 41.1 Å². The number of aromatic nitrogens is 8. The van der Waals surface area contributed by atoms with E-state index < -0.39 is 23.7 Å². The molecule has 0 spiro atoms. The Morgan fingerprint density at radius 3 is 1.47 bits per heavy atom. The Balaban J connectivity index is 0.000000152. The summed E-state index contributed by atoms with van der Waals surface area (Å²) in [5.41, 5.74) is -0.896. The fraction of sp³-hybridized carbons (Fsp3) is 0.128. The summed E-state index contributed by atoms with van der Waals surface area (Å²) in [6, 6.07) is 23.1. The summed E-state index contributed by atoms with van der Waals surface area (Å²) in [5, 5.41) is 6.11. The highest BCUT2D eigenvalue weighted by Crippen LogP contribution is 2.39. The van der Waals surface area contributed by atoms with Crippen LogP contribution >= 0.6 is 0 Å². The fourth-order valence-corrected chi connectivity index (χ4v) is 6.29. The molecule has 0 unspecified atom stereocenters. The number of ether oxygens (including phenoxy) is 4. The van der Waals surface area contributed by atoms with Crippen LogP contribution in [0.5, 0.6) is 23.0 Å². The standard InChI is InChI=1S/C20H14F3N5O2.C19H12F3N5O2/c21-20(22,23)18-17(28-8-2-1-3-16(28)27-18)19-24-7-6-15(26-19)25-12-4-5-13-14(11-12)30-10-9-29-13;20-19(21,22)17-16(27-8-2-1-3-15(27)26-17)18-23-7-6-14(25-18)24-11-4-5-12-13(9-11)29-10-28-12/h1-8,11H,9-10H2,(H,24,25,26);1-9H,10H2,(H,23,24,25). The van der Waals surface area contributed by atoms with E-state index in [9.17, 15) is 26.3 Å². The van der Waals surface area contributed by atoms with Crippen LogP contribution in [0.3, 0.4) is 0 Å². The zero-order valence-corrected chi connectivity index (χ0v) is 30.0. The van der Waals surface area contributed by atoms with Gasteiger partial charge >= 0.3 is 12.4 Å². The molecule has 0 atom stereocenters. The third kappa shape index (κ3) is 7.49. The number of halogens is 6. The van der Waals surface area contributed by atoms with E-state index in [4.69, 9.17) is 18.9 Å². The third-order valence-corrected chi connectivity index (χ3v) is 8.79. The molecule has 298 valence electrons. The van der Waals surface area contributed by atoms with Crippen molar-refractivity contribution in [2.45, 2.75) is 12.4 Å². The molecule has 8 aromatic rings. The summed E-state index contributed by atoms with van der Waals surface area (Å²) in [5.74, 6) is 2.89. The fourth-order valence-electron chi connectivity index (χ4n) is 6.29. The van der Waals surface area contributed by atoms with Crippen LogP contribution in [0.15, 0.2) is 110 Å². The quantitative estimate of drug-likeness (QED) is 0.155. The summed E-state index contributed by atoms with van der Waals surface area (Å²) in [6.07, 6.45) is -3.52. The second kappa shape index (κ2) is 14.7. The number of fused-ring (bicyclic) bond motifs is 4. The number of anilines is 4. The summed E-state index contributed by atoms with van der Waals surface area (Å²) in [6.45, 7) is 1.07. The van der Waals surface area contributed by atoms with Gasteiger partial charge in [0.05, 0.1) is 0 Å². The van der Waals surface area contributed by atoms with Crippen LogP contribution in [0.2, 0.25) is 0 Å².